The van der Waals surface area contributed by atoms with E-state index in [0.29, 0.717) is 6.61 Å². The Morgan fingerprint density at radius 3 is 2.00 bits per heavy atom. The lowest BCUT2D eigenvalue weighted by molar-refractivity contribution is -0.108. The van der Waals surface area contributed by atoms with Gasteiger partial charge in [0.25, 0.3) is 0 Å². The maximum atomic E-state index is 9.44. The van der Waals surface area contributed by atoms with Crippen LogP contribution in [-0.4, -0.2) is 53.6 Å². The minimum atomic E-state index is -0.954. The molecular formula is C6H12O5. The van der Waals surface area contributed by atoms with Gasteiger partial charge >= 0.3 is 0 Å². The summed E-state index contributed by atoms with van der Waals surface area (Å²) in [6.45, 7) is -0.0868. The number of carbonyl (C=O) groups excluding carboxylic acids is 1. The van der Waals surface area contributed by atoms with Gasteiger partial charge in [-0.25, -0.2) is 0 Å². The van der Waals surface area contributed by atoms with E-state index >= 15 is 0 Å². The Kier molecular flexibility index (Phi) is 5.96. The SMILES string of the molecule is O=CC1CO1.OCC(O)CO. The highest BCUT2D eigenvalue weighted by molar-refractivity contribution is 5.58. The van der Waals surface area contributed by atoms with Crippen molar-refractivity contribution < 1.29 is 24.9 Å². The highest BCUT2D eigenvalue weighted by Gasteiger charge is 2.19. The summed E-state index contributed by atoms with van der Waals surface area (Å²) in [6.07, 6.45) is -0.194. The zero-order valence-electron chi connectivity index (χ0n) is 6.01. The first kappa shape index (κ1) is 10.5. The average molecular weight is 164 g/mol. The van der Waals surface area contributed by atoms with Crippen molar-refractivity contribution in [2.45, 2.75) is 12.2 Å². The van der Waals surface area contributed by atoms with Gasteiger partial charge < -0.3 is 24.9 Å². The zero-order valence-corrected chi connectivity index (χ0v) is 6.01. The number of aldehydes is 1. The molecule has 0 radical (unpaired) electrons. The Morgan fingerprint density at radius 2 is 2.00 bits per heavy atom. The third-order valence-electron chi connectivity index (χ3n) is 0.932. The molecule has 0 spiro atoms. The van der Waals surface area contributed by atoms with Crippen molar-refractivity contribution in [2.75, 3.05) is 19.8 Å². The average Bonchev–Trinajstić information content (AvgIpc) is 2.86. The summed E-state index contributed by atoms with van der Waals surface area (Å²) in [6, 6.07) is 0. The second-order valence-corrected chi connectivity index (χ2v) is 2.03. The predicted molar refractivity (Wildman–Crippen MR) is 36.0 cm³/mol. The number of epoxide rings is 1. The number of aliphatic hydroxyl groups is 3. The summed E-state index contributed by atoms with van der Waals surface area (Å²) < 4.78 is 4.49. The number of carbonyl (C=O) groups is 1. The Balaban J connectivity index is 0.000000183. The summed E-state index contributed by atoms with van der Waals surface area (Å²) in [5.41, 5.74) is 0. The predicted octanol–water partition coefficient (Wildman–Crippen LogP) is -2.08. The molecule has 1 saturated heterocycles. The van der Waals surface area contributed by atoms with Crippen LogP contribution in [-0.2, 0) is 9.53 Å². The van der Waals surface area contributed by atoms with Crippen LogP contribution in [0, 0.1) is 0 Å². The molecule has 0 aromatic heterocycles. The lowest BCUT2D eigenvalue weighted by Crippen LogP contribution is -2.15. The summed E-state index contributed by atoms with van der Waals surface area (Å²) in [5, 5.41) is 24.0. The van der Waals surface area contributed by atoms with Crippen molar-refractivity contribution in [3.63, 3.8) is 0 Å². The smallest absolute Gasteiger partial charge is 0.151 e. The van der Waals surface area contributed by atoms with Gasteiger partial charge in [0.2, 0.25) is 0 Å². The van der Waals surface area contributed by atoms with Crippen molar-refractivity contribution in [3.05, 3.63) is 0 Å². The number of aliphatic hydroxyl groups excluding tert-OH is 3. The van der Waals surface area contributed by atoms with Crippen LogP contribution in [0.1, 0.15) is 0 Å². The third-order valence-corrected chi connectivity index (χ3v) is 0.932. The van der Waals surface area contributed by atoms with Crippen LogP contribution in [0.3, 0.4) is 0 Å². The molecule has 1 aliphatic rings. The maximum absolute atomic E-state index is 9.44. The molecule has 66 valence electrons. The molecule has 0 saturated carbocycles. The van der Waals surface area contributed by atoms with E-state index in [2.05, 4.69) is 4.74 Å². The van der Waals surface area contributed by atoms with Crippen molar-refractivity contribution >= 4 is 6.29 Å². The van der Waals surface area contributed by atoms with E-state index in [1.54, 1.807) is 0 Å². The maximum Gasteiger partial charge on any atom is 0.151 e. The number of rotatable bonds is 3. The molecule has 5 heteroatoms. The fourth-order valence-electron chi connectivity index (χ4n) is 0.192. The standard InChI is InChI=1S/C3H8O3.C3H4O2/c4-1-3(6)2-5;4-1-3-2-5-3/h3-6H,1-2H2;1,3H,2H2. The van der Waals surface area contributed by atoms with E-state index in [-0.39, 0.29) is 19.3 Å². The molecule has 1 aliphatic heterocycles. The van der Waals surface area contributed by atoms with Gasteiger partial charge in [-0.1, -0.05) is 0 Å². The molecule has 1 atom stereocenters. The lowest BCUT2D eigenvalue weighted by atomic mass is 10.4. The lowest BCUT2D eigenvalue weighted by Gasteiger charge is -1.96. The summed E-state index contributed by atoms with van der Waals surface area (Å²) in [4.78, 5) is 9.44. The number of hydrogen-bond donors (Lipinski definition) is 3. The normalized spacial score (nSPS) is 20.5. The van der Waals surface area contributed by atoms with Crippen molar-refractivity contribution in [2.24, 2.45) is 0 Å². The van der Waals surface area contributed by atoms with Gasteiger partial charge in [0.1, 0.15) is 12.2 Å². The van der Waals surface area contributed by atoms with Crippen LogP contribution < -0.4 is 0 Å². The Morgan fingerprint density at radius 1 is 1.55 bits per heavy atom. The summed E-state index contributed by atoms with van der Waals surface area (Å²) in [7, 11) is 0. The van der Waals surface area contributed by atoms with E-state index in [0.717, 1.165) is 6.29 Å². The van der Waals surface area contributed by atoms with Crippen LogP contribution in [0.5, 0.6) is 0 Å². The fourth-order valence-corrected chi connectivity index (χ4v) is 0.192. The van der Waals surface area contributed by atoms with Crippen LogP contribution in [0.4, 0.5) is 0 Å². The second kappa shape index (κ2) is 6.23. The summed E-state index contributed by atoms with van der Waals surface area (Å²) in [5.74, 6) is 0. The Bertz CT molecular complexity index is 97.1. The van der Waals surface area contributed by atoms with Gasteiger partial charge in [-0.2, -0.15) is 0 Å². The monoisotopic (exact) mass is 164 g/mol. The molecular weight excluding hydrogens is 152 g/mol. The van der Waals surface area contributed by atoms with Gasteiger partial charge in [0, 0.05) is 0 Å². The molecule has 1 fully saturated rings. The largest absolute Gasteiger partial charge is 0.394 e. The van der Waals surface area contributed by atoms with Crippen LogP contribution in [0.25, 0.3) is 0 Å². The highest BCUT2D eigenvalue weighted by Crippen LogP contribution is 2.02. The molecule has 0 aromatic rings. The van der Waals surface area contributed by atoms with E-state index < -0.39 is 6.10 Å². The Labute approximate surface area is 64.2 Å². The van der Waals surface area contributed by atoms with E-state index in [1.165, 1.54) is 0 Å². The van der Waals surface area contributed by atoms with Crippen LogP contribution >= 0.6 is 0 Å². The summed E-state index contributed by atoms with van der Waals surface area (Å²) >= 11 is 0. The molecule has 1 unspecified atom stereocenters. The molecule has 3 N–H and O–H groups in total. The van der Waals surface area contributed by atoms with Gasteiger partial charge in [0.05, 0.1) is 19.8 Å². The molecule has 1 heterocycles. The highest BCUT2D eigenvalue weighted by atomic mass is 16.6. The molecule has 11 heavy (non-hydrogen) atoms. The van der Waals surface area contributed by atoms with Crippen molar-refractivity contribution in [1.29, 1.82) is 0 Å². The molecule has 0 amide bonds. The van der Waals surface area contributed by atoms with Crippen LogP contribution in [0.2, 0.25) is 0 Å². The first-order chi connectivity index (χ1) is 5.24. The van der Waals surface area contributed by atoms with E-state index in [9.17, 15) is 4.79 Å². The van der Waals surface area contributed by atoms with E-state index in [4.69, 9.17) is 15.3 Å². The fraction of sp³-hybridized carbons (Fsp3) is 0.833. The van der Waals surface area contributed by atoms with Gasteiger partial charge in [-0.05, 0) is 0 Å². The second-order valence-electron chi connectivity index (χ2n) is 2.03. The first-order valence-corrected chi connectivity index (χ1v) is 3.21. The van der Waals surface area contributed by atoms with E-state index in [1.807, 2.05) is 0 Å². The Hall–Kier alpha value is -0.490. The third kappa shape index (κ3) is 7.41. The van der Waals surface area contributed by atoms with Crippen molar-refractivity contribution in [1.82, 2.24) is 0 Å². The zero-order chi connectivity index (χ0) is 8.69. The number of ether oxygens (including phenoxy) is 1. The number of hydrogen-bond acceptors (Lipinski definition) is 5. The quantitative estimate of drug-likeness (QED) is 0.329. The molecule has 5 nitrogen and oxygen atoms in total. The van der Waals surface area contributed by atoms with Gasteiger partial charge in [-0.15, -0.1) is 0 Å². The van der Waals surface area contributed by atoms with Crippen LogP contribution in [0.15, 0.2) is 0 Å². The first-order valence-electron chi connectivity index (χ1n) is 3.21. The van der Waals surface area contributed by atoms with Gasteiger partial charge in [-0.3, -0.25) is 0 Å². The van der Waals surface area contributed by atoms with Gasteiger partial charge in [0.15, 0.2) is 6.29 Å². The minimum Gasteiger partial charge on any atom is -0.394 e. The topological polar surface area (TPSA) is 90.3 Å². The molecule has 1 rings (SSSR count). The molecule has 0 aliphatic carbocycles. The minimum absolute atomic E-state index is 0.0463. The molecule has 0 aromatic carbocycles. The van der Waals surface area contributed by atoms with Crippen molar-refractivity contribution in [3.8, 4) is 0 Å². The molecule has 0 bridgehead atoms.